The van der Waals surface area contributed by atoms with Gasteiger partial charge in [-0.2, -0.15) is 0 Å². The van der Waals surface area contributed by atoms with Crippen LogP contribution in [0, 0.1) is 5.92 Å². The standard InChI is InChI=1S/C13H24ClNO2/c1-10-3-5-13(6-4-10)17-9-12(16)8-15-7-11(2)14/h10,12-13,15-16H,2-9H2,1H3. The Hall–Kier alpha value is -0.0900. The molecule has 0 bridgehead atoms. The predicted octanol–water partition coefficient (Wildman–Crippen LogP) is 2.28. The van der Waals surface area contributed by atoms with Crippen molar-refractivity contribution in [2.45, 2.75) is 44.8 Å². The maximum atomic E-state index is 9.68. The van der Waals surface area contributed by atoms with Gasteiger partial charge in [-0.05, 0) is 31.6 Å². The van der Waals surface area contributed by atoms with E-state index in [4.69, 9.17) is 16.3 Å². The molecule has 1 saturated carbocycles. The third kappa shape index (κ3) is 7.04. The minimum absolute atomic E-state index is 0.337. The van der Waals surface area contributed by atoms with Crippen LogP contribution in [0.25, 0.3) is 0 Å². The maximum Gasteiger partial charge on any atom is 0.0897 e. The second kappa shape index (κ2) is 8.09. The lowest BCUT2D eigenvalue weighted by Gasteiger charge is -2.27. The van der Waals surface area contributed by atoms with Crippen LogP contribution < -0.4 is 5.32 Å². The van der Waals surface area contributed by atoms with Crippen molar-refractivity contribution >= 4 is 11.6 Å². The van der Waals surface area contributed by atoms with Gasteiger partial charge in [0.05, 0.1) is 18.8 Å². The zero-order chi connectivity index (χ0) is 12.7. The maximum absolute atomic E-state index is 9.68. The van der Waals surface area contributed by atoms with Gasteiger partial charge >= 0.3 is 0 Å². The molecule has 0 saturated heterocycles. The van der Waals surface area contributed by atoms with Crippen LogP contribution in [0.4, 0.5) is 0 Å². The summed E-state index contributed by atoms with van der Waals surface area (Å²) in [7, 11) is 0. The van der Waals surface area contributed by atoms with Gasteiger partial charge in [0.15, 0.2) is 0 Å². The van der Waals surface area contributed by atoms with Gasteiger partial charge in [0.2, 0.25) is 0 Å². The summed E-state index contributed by atoms with van der Waals surface area (Å²) in [4.78, 5) is 0. The molecule has 0 aromatic carbocycles. The summed E-state index contributed by atoms with van der Waals surface area (Å²) in [5.41, 5.74) is 0. The lowest BCUT2D eigenvalue weighted by Crippen LogP contribution is -2.33. The van der Waals surface area contributed by atoms with Gasteiger partial charge < -0.3 is 15.2 Å². The highest BCUT2D eigenvalue weighted by atomic mass is 35.5. The zero-order valence-electron chi connectivity index (χ0n) is 10.6. The molecule has 0 radical (unpaired) electrons. The van der Waals surface area contributed by atoms with Gasteiger partial charge in [-0.15, -0.1) is 0 Å². The molecule has 1 aliphatic carbocycles. The largest absolute Gasteiger partial charge is 0.389 e. The van der Waals surface area contributed by atoms with E-state index < -0.39 is 6.10 Å². The topological polar surface area (TPSA) is 41.5 Å². The van der Waals surface area contributed by atoms with E-state index in [0.29, 0.717) is 30.8 Å². The second-order valence-electron chi connectivity index (χ2n) is 5.02. The molecule has 0 heterocycles. The van der Waals surface area contributed by atoms with Crippen LogP contribution in [0.5, 0.6) is 0 Å². The van der Waals surface area contributed by atoms with Gasteiger partial charge in [-0.25, -0.2) is 0 Å². The molecule has 1 aliphatic rings. The summed E-state index contributed by atoms with van der Waals surface area (Å²) in [6.07, 6.45) is 4.60. The lowest BCUT2D eigenvalue weighted by atomic mass is 9.89. The Morgan fingerprint density at radius 2 is 2.12 bits per heavy atom. The summed E-state index contributed by atoms with van der Waals surface area (Å²) in [6, 6.07) is 0. The van der Waals surface area contributed by atoms with Crippen molar-refractivity contribution in [3.05, 3.63) is 11.6 Å². The van der Waals surface area contributed by atoms with Crippen molar-refractivity contribution < 1.29 is 9.84 Å². The molecule has 0 aromatic rings. The number of ether oxygens (including phenoxy) is 1. The van der Waals surface area contributed by atoms with Crippen LogP contribution in [0.1, 0.15) is 32.6 Å². The molecule has 1 fully saturated rings. The van der Waals surface area contributed by atoms with Gasteiger partial charge in [0, 0.05) is 18.1 Å². The number of halogens is 1. The molecule has 0 aliphatic heterocycles. The summed E-state index contributed by atoms with van der Waals surface area (Å²) in [5.74, 6) is 0.830. The summed E-state index contributed by atoms with van der Waals surface area (Å²) >= 11 is 5.60. The molecule has 1 atom stereocenters. The van der Waals surface area contributed by atoms with Crippen molar-refractivity contribution in [3.8, 4) is 0 Å². The first-order valence-corrected chi connectivity index (χ1v) is 6.79. The van der Waals surface area contributed by atoms with E-state index >= 15 is 0 Å². The molecular formula is C13H24ClNO2. The smallest absolute Gasteiger partial charge is 0.0897 e. The van der Waals surface area contributed by atoms with Crippen molar-refractivity contribution in [2.75, 3.05) is 19.7 Å². The molecule has 1 unspecified atom stereocenters. The van der Waals surface area contributed by atoms with Crippen molar-refractivity contribution in [1.29, 1.82) is 0 Å². The Labute approximate surface area is 109 Å². The van der Waals surface area contributed by atoms with Crippen LogP contribution in [0.15, 0.2) is 11.6 Å². The number of hydrogen-bond acceptors (Lipinski definition) is 3. The van der Waals surface area contributed by atoms with E-state index in [1.807, 2.05) is 0 Å². The first-order chi connectivity index (χ1) is 8.08. The van der Waals surface area contributed by atoms with Gasteiger partial charge in [-0.3, -0.25) is 0 Å². The Kier molecular flexibility index (Phi) is 7.12. The highest BCUT2D eigenvalue weighted by molar-refractivity contribution is 6.29. The highest BCUT2D eigenvalue weighted by Crippen LogP contribution is 2.25. The Morgan fingerprint density at radius 3 is 2.71 bits per heavy atom. The quantitative estimate of drug-likeness (QED) is 0.739. The van der Waals surface area contributed by atoms with Crippen molar-refractivity contribution in [1.82, 2.24) is 5.32 Å². The van der Waals surface area contributed by atoms with Gasteiger partial charge in [-0.1, -0.05) is 25.1 Å². The number of nitrogens with one attached hydrogen (secondary N) is 1. The monoisotopic (exact) mass is 261 g/mol. The first-order valence-electron chi connectivity index (χ1n) is 6.41. The second-order valence-corrected chi connectivity index (χ2v) is 5.55. The zero-order valence-corrected chi connectivity index (χ0v) is 11.4. The molecule has 0 aromatic heterocycles. The molecule has 0 amide bonds. The first kappa shape index (κ1) is 15.0. The molecule has 0 spiro atoms. The number of hydrogen-bond donors (Lipinski definition) is 2. The normalized spacial score (nSPS) is 26.8. The fraction of sp³-hybridized carbons (Fsp3) is 0.846. The van der Waals surface area contributed by atoms with E-state index in [1.165, 1.54) is 12.8 Å². The minimum Gasteiger partial charge on any atom is -0.389 e. The average molecular weight is 262 g/mol. The van der Waals surface area contributed by atoms with E-state index in [2.05, 4.69) is 18.8 Å². The summed E-state index contributed by atoms with van der Waals surface area (Å²) in [6.45, 7) is 7.28. The molecule has 100 valence electrons. The van der Waals surface area contributed by atoms with E-state index in [0.717, 1.165) is 18.8 Å². The number of rotatable bonds is 7. The Bertz CT molecular complexity index is 227. The summed E-state index contributed by atoms with van der Waals surface area (Å²) < 4.78 is 5.71. The molecule has 2 N–H and O–H groups in total. The molecule has 3 nitrogen and oxygen atoms in total. The van der Waals surface area contributed by atoms with E-state index in [-0.39, 0.29) is 0 Å². The predicted molar refractivity (Wildman–Crippen MR) is 71.2 cm³/mol. The highest BCUT2D eigenvalue weighted by Gasteiger charge is 2.19. The third-order valence-electron chi connectivity index (χ3n) is 3.18. The van der Waals surface area contributed by atoms with Crippen molar-refractivity contribution in [3.63, 3.8) is 0 Å². The molecular weight excluding hydrogens is 238 g/mol. The SMILES string of the molecule is C=C(Cl)CNCC(O)COC1CCC(C)CC1. The minimum atomic E-state index is -0.467. The molecule has 17 heavy (non-hydrogen) atoms. The Balaban J connectivity index is 2.03. The van der Waals surface area contributed by atoms with Gasteiger partial charge in [0.25, 0.3) is 0 Å². The van der Waals surface area contributed by atoms with E-state index in [9.17, 15) is 5.11 Å². The fourth-order valence-electron chi connectivity index (χ4n) is 2.08. The molecule has 1 rings (SSSR count). The van der Waals surface area contributed by atoms with Crippen LogP contribution in [-0.4, -0.2) is 37.0 Å². The average Bonchev–Trinajstić information content (AvgIpc) is 2.28. The van der Waals surface area contributed by atoms with Gasteiger partial charge in [0.1, 0.15) is 0 Å². The summed E-state index contributed by atoms with van der Waals surface area (Å²) in [5, 5.41) is 13.3. The third-order valence-corrected chi connectivity index (χ3v) is 3.32. The Morgan fingerprint density at radius 1 is 1.47 bits per heavy atom. The van der Waals surface area contributed by atoms with Crippen molar-refractivity contribution in [2.24, 2.45) is 5.92 Å². The number of aliphatic hydroxyl groups excluding tert-OH is 1. The number of aliphatic hydroxyl groups is 1. The van der Waals surface area contributed by atoms with Crippen LogP contribution in [0.2, 0.25) is 0 Å². The van der Waals surface area contributed by atoms with Crippen LogP contribution in [-0.2, 0) is 4.74 Å². The van der Waals surface area contributed by atoms with Crippen LogP contribution >= 0.6 is 11.6 Å². The fourth-order valence-corrected chi connectivity index (χ4v) is 2.17. The van der Waals surface area contributed by atoms with Crippen LogP contribution in [0.3, 0.4) is 0 Å². The lowest BCUT2D eigenvalue weighted by molar-refractivity contribution is -0.0275. The van der Waals surface area contributed by atoms with E-state index in [1.54, 1.807) is 0 Å². The molecule has 4 heteroatoms.